The van der Waals surface area contributed by atoms with Gasteiger partial charge in [-0.05, 0) is 60.8 Å². The van der Waals surface area contributed by atoms with Crippen molar-refractivity contribution in [1.82, 2.24) is 14.6 Å². The maximum Gasteiger partial charge on any atom is 0.198 e. The molecule has 0 bridgehead atoms. The Morgan fingerprint density at radius 1 is 1.18 bits per heavy atom. The Morgan fingerprint density at radius 2 is 1.91 bits per heavy atom. The van der Waals surface area contributed by atoms with Gasteiger partial charge in [-0.15, -0.1) is 0 Å². The molecule has 3 aromatic rings. The molecule has 2 aromatic heterocycles. The molecule has 2 fully saturated rings. The summed E-state index contributed by atoms with van der Waals surface area (Å²) in [6, 6.07) is 4.46. The van der Waals surface area contributed by atoms with E-state index in [-0.39, 0.29) is 5.79 Å². The minimum Gasteiger partial charge on any atom is -0.492 e. The molecule has 7 heteroatoms. The molecule has 1 saturated heterocycles. The van der Waals surface area contributed by atoms with E-state index >= 15 is 0 Å². The molecular formula is C26H34N4O3. The van der Waals surface area contributed by atoms with Crippen LogP contribution in [-0.2, 0) is 15.9 Å². The van der Waals surface area contributed by atoms with Crippen LogP contribution in [0.1, 0.15) is 62.1 Å². The number of benzene rings is 1. The fourth-order valence-electron chi connectivity index (χ4n) is 5.52. The lowest BCUT2D eigenvalue weighted by atomic mass is 9.80. The average molecular weight is 451 g/mol. The van der Waals surface area contributed by atoms with Crippen LogP contribution in [0.5, 0.6) is 5.75 Å². The summed E-state index contributed by atoms with van der Waals surface area (Å²) < 4.78 is 19.3. The Morgan fingerprint density at radius 3 is 2.58 bits per heavy atom. The molecule has 33 heavy (non-hydrogen) atoms. The molecule has 2 aliphatic rings. The van der Waals surface area contributed by atoms with Crippen molar-refractivity contribution in [2.24, 2.45) is 5.92 Å². The summed E-state index contributed by atoms with van der Waals surface area (Å²) in [6.45, 7) is 7.99. The van der Waals surface area contributed by atoms with Gasteiger partial charge in [-0.1, -0.05) is 19.9 Å². The third kappa shape index (κ3) is 3.97. The first-order chi connectivity index (χ1) is 15.9. The van der Waals surface area contributed by atoms with Gasteiger partial charge in [-0.25, -0.2) is 9.50 Å². The van der Waals surface area contributed by atoms with Gasteiger partial charge in [0, 0.05) is 35.9 Å². The summed E-state index contributed by atoms with van der Waals surface area (Å²) in [5.74, 6) is 1.39. The molecule has 0 atom stereocenters. The predicted octanol–water partition coefficient (Wildman–Crippen LogP) is 4.89. The van der Waals surface area contributed by atoms with Crippen LogP contribution in [0.25, 0.3) is 16.8 Å². The zero-order valence-corrected chi connectivity index (χ0v) is 20.1. The Balaban J connectivity index is 1.48. The van der Waals surface area contributed by atoms with E-state index in [1.165, 1.54) is 11.1 Å². The van der Waals surface area contributed by atoms with Gasteiger partial charge in [0.2, 0.25) is 0 Å². The molecule has 1 aliphatic carbocycles. The molecule has 7 nitrogen and oxygen atoms in total. The quantitative estimate of drug-likeness (QED) is 0.557. The predicted molar refractivity (Wildman–Crippen MR) is 129 cm³/mol. The van der Waals surface area contributed by atoms with Crippen molar-refractivity contribution in [2.75, 3.05) is 26.1 Å². The Hall–Kier alpha value is -2.64. The maximum absolute atomic E-state index is 6.66. The molecule has 5 rings (SSSR count). The number of pyridine rings is 1. The molecule has 1 spiro atoms. The first-order valence-corrected chi connectivity index (χ1v) is 12.0. The molecule has 0 unspecified atom stereocenters. The highest BCUT2D eigenvalue weighted by Gasteiger charge is 2.40. The molecule has 3 heterocycles. The summed E-state index contributed by atoms with van der Waals surface area (Å²) in [6.07, 6.45) is 8.75. The first kappa shape index (κ1) is 22.2. The van der Waals surface area contributed by atoms with Gasteiger partial charge in [-0.2, -0.15) is 5.10 Å². The SMILES string of the molecule is COc1c(C)c(-c2cc(N)c(CC3CCC4(CC3)OCCO4)cc2C(C)C)cn2ncnc12. The number of aromatic nitrogens is 3. The Kier molecular flexibility index (Phi) is 5.79. The topological polar surface area (TPSA) is 83.9 Å². The van der Waals surface area contributed by atoms with Crippen LogP contribution in [0, 0.1) is 12.8 Å². The summed E-state index contributed by atoms with van der Waals surface area (Å²) in [5, 5.41) is 4.35. The van der Waals surface area contributed by atoms with Crippen molar-refractivity contribution in [2.45, 2.75) is 64.6 Å². The van der Waals surface area contributed by atoms with Gasteiger partial charge in [0.25, 0.3) is 0 Å². The van der Waals surface area contributed by atoms with Crippen molar-refractivity contribution in [3.8, 4) is 16.9 Å². The number of nitrogen functional groups attached to an aromatic ring is 1. The van der Waals surface area contributed by atoms with E-state index < -0.39 is 0 Å². The van der Waals surface area contributed by atoms with E-state index in [4.69, 9.17) is 19.9 Å². The fraction of sp³-hybridized carbons (Fsp3) is 0.538. The van der Waals surface area contributed by atoms with Crippen LogP contribution >= 0.6 is 0 Å². The minimum atomic E-state index is -0.314. The smallest absolute Gasteiger partial charge is 0.198 e. The highest BCUT2D eigenvalue weighted by Crippen LogP contribution is 2.42. The molecule has 0 radical (unpaired) electrons. The molecule has 1 saturated carbocycles. The summed E-state index contributed by atoms with van der Waals surface area (Å²) in [5.41, 5.74) is 14.0. The second-order valence-corrected chi connectivity index (χ2v) is 9.78. The van der Waals surface area contributed by atoms with E-state index in [0.717, 1.165) is 79.1 Å². The number of rotatable bonds is 5. The molecule has 2 N–H and O–H groups in total. The van der Waals surface area contributed by atoms with Crippen LogP contribution in [-0.4, -0.2) is 40.7 Å². The summed E-state index contributed by atoms with van der Waals surface area (Å²) >= 11 is 0. The average Bonchev–Trinajstić information content (AvgIpc) is 3.46. The Labute approximate surface area is 195 Å². The standard InChI is InChI=1S/C26H34N4O3/c1-16(2)20-12-19(11-18-5-7-26(8-6-18)32-9-10-33-26)23(27)13-21(20)22-14-30-25(28-15-29-30)24(31-4)17(22)3/h12-16,18H,5-11,27H2,1-4H3. The number of anilines is 1. The largest absolute Gasteiger partial charge is 0.492 e. The zero-order chi connectivity index (χ0) is 23.2. The molecule has 1 aliphatic heterocycles. The number of nitrogens with zero attached hydrogens (tertiary/aromatic N) is 3. The number of methoxy groups -OCH3 is 1. The summed E-state index contributed by atoms with van der Waals surface area (Å²) in [7, 11) is 1.68. The van der Waals surface area contributed by atoms with Gasteiger partial charge in [-0.3, -0.25) is 0 Å². The van der Waals surface area contributed by atoms with Crippen molar-refractivity contribution in [3.05, 3.63) is 41.3 Å². The third-order valence-electron chi connectivity index (χ3n) is 7.39. The van der Waals surface area contributed by atoms with Gasteiger partial charge in [0.05, 0.1) is 20.3 Å². The number of hydrogen-bond donors (Lipinski definition) is 1. The van der Waals surface area contributed by atoms with Crippen molar-refractivity contribution >= 4 is 11.3 Å². The number of nitrogens with two attached hydrogens (primary N) is 1. The Bertz CT molecular complexity index is 1150. The minimum absolute atomic E-state index is 0.314. The highest BCUT2D eigenvalue weighted by atomic mass is 16.7. The number of fused-ring (bicyclic) bond motifs is 1. The van der Waals surface area contributed by atoms with E-state index in [0.29, 0.717) is 11.8 Å². The van der Waals surface area contributed by atoms with E-state index in [2.05, 4.69) is 43.0 Å². The van der Waals surface area contributed by atoms with Crippen LogP contribution in [0.4, 0.5) is 5.69 Å². The fourth-order valence-corrected chi connectivity index (χ4v) is 5.52. The lowest BCUT2D eigenvalue weighted by Gasteiger charge is -2.35. The summed E-state index contributed by atoms with van der Waals surface area (Å²) in [4.78, 5) is 4.35. The first-order valence-electron chi connectivity index (χ1n) is 12.0. The van der Waals surface area contributed by atoms with E-state index in [9.17, 15) is 0 Å². The number of hydrogen-bond acceptors (Lipinski definition) is 6. The van der Waals surface area contributed by atoms with Crippen LogP contribution in [0.3, 0.4) is 0 Å². The van der Waals surface area contributed by atoms with Crippen molar-refractivity contribution < 1.29 is 14.2 Å². The highest BCUT2D eigenvalue weighted by molar-refractivity contribution is 5.79. The number of ether oxygens (including phenoxy) is 3. The normalized spacial score (nSPS) is 18.6. The van der Waals surface area contributed by atoms with Crippen molar-refractivity contribution in [3.63, 3.8) is 0 Å². The molecule has 1 aromatic carbocycles. The second kappa shape index (κ2) is 8.61. The lowest BCUT2D eigenvalue weighted by Crippen LogP contribution is -2.35. The third-order valence-corrected chi connectivity index (χ3v) is 7.39. The molecule has 0 amide bonds. The van der Waals surface area contributed by atoms with Gasteiger partial charge in [0.1, 0.15) is 6.33 Å². The van der Waals surface area contributed by atoms with E-state index in [1.54, 1.807) is 18.0 Å². The maximum atomic E-state index is 6.66. The van der Waals surface area contributed by atoms with Gasteiger partial charge >= 0.3 is 0 Å². The molecular weight excluding hydrogens is 416 g/mol. The van der Waals surface area contributed by atoms with Gasteiger partial charge < -0.3 is 19.9 Å². The zero-order valence-electron chi connectivity index (χ0n) is 20.1. The van der Waals surface area contributed by atoms with Crippen LogP contribution in [0.2, 0.25) is 0 Å². The lowest BCUT2D eigenvalue weighted by molar-refractivity contribution is -0.182. The monoisotopic (exact) mass is 450 g/mol. The molecule has 176 valence electrons. The second-order valence-electron chi connectivity index (χ2n) is 9.78. The van der Waals surface area contributed by atoms with Gasteiger partial charge in [0.15, 0.2) is 17.2 Å². The van der Waals surface area contributed by atoms with E-state index in [1.807, 2.05) is 6.20 Å². The van der Waals surface area contributed by atoms with Crippen LogP contribution < -0.4 is 10.5 Å². The van der Waals surface area contributed by atoms with Crippen molar-refractivity contribution in [1.29, 1.82) is 0 Å². The van der Waals surface area contributed by atoms with Crippen LogP contribution in [0.15, 0.2) is 24.7 Å².